The molecular weight excluding hydrogens is 485 g/mol. The number of nitrogens with zero attached hydrogens (tertiary/aromatic N) is 5. The maximum Gasteiger partial charge on any atom is 0.182 e. The largest absolute Gasteiger partial charge is 0.382 e. The van der Waals surface area contributed by atoms with Gasteiger partial charge in [0.25, 0.3) is 0 Å². The molecule has 1 atom stereocenters. The molecule has 4 fully saturated rings. The van der Waals surface area contributed by atoms with Crippen LogP contribution in [0.2, 0.25) is 0 Å². The zero-order chi connectivity index (χ0) is 25.9. The summed E-state index contributed by atoms with van der Waals surface area (Å²) in [7, 11) is 0. The van der Waals surface area contributed by atoms with E-state index in [1.165, 1.54) is 31.6 Å². The van der Waals surface area contributed by atoms with E-state index < -0.39 is 6.23 Å². The van der Waals surface area contributed by atoms with E-state index >= 15 is 0 Å². The molecule has 4 bridgehead atoms. The van der Waals surface area contributed by atoms with Crippen molar-refractivity contribution < 1.29 is 14.0 Å². The molecule has 0 aliphatic heterocycles. The predicted octanol–water partition coefficient (Wildman–Crippen LogP) is 4.71. The van der Waals surface area contributed by atoms with Gasteiger partial charge in [0.15, 0.2) is 11.6 Å². The number of halogens is 1. The number of benzene rings is 1. The van der Waals surface area contributed by atoms with Crippen molar-refractivity contribution >= 4 is 11.5 Å². The van der Waals surface area contributed by atoms with E-state index in [4.69, 9.17) is 10.3 Å². The first-order valence-corrected chi connectivity index (χ1v) is 13.3. The molecule has 9 nitrogen and oxygen atoms in total. The third-order valence-corrected chi connectivity index (χ3v) is 8.76. The molecule has 3 heterocycles. The summed E-state index contributed by atoms with van der Waals surface area (Å²) >= 11 is 0. The second kappa shape index (κ2) is 8.90. The predicted molar refractivity (Wildman–Crippen MR) is 139 cm³/mol. The quantitative estimate of drug-likeness (QED) is 0.302. The maximum atomic E-state index is 14.4. The van der Waals surface area contributed by atoms with Crippen molar-refractivity contribution in [2.24, 2.45) is 23.2 Å². The van der Waals surface area contributed by atoms with Gasteiger partial charge < -0.3 is 20.7 Å². The number of anilines is 2. The number of rotatable bonds is 7. The average Bonchev–Trinajstić information content (AvgIpc) is 3.56. The second-order valence-electron chi connectivity index (χ2n) is 11.4. The molecule has 8 rings (SSSR count). The number of nitrogen functional groups attached to an aromatic ring is 1. The summed E-state index contributed by atoms with van der Waals surface area (Å²) < 4.78 is 21.0. The van der Waals surface area contributed by atoms with Crippen LogP contribution in [0.5, 0.6) is 0 Å². The van der Waals surface area contributed by atoms with Crippen molar-refractivity contribution in [2.45, 2.75) is 51.3 Å². The molecule has 4 N–H and O–H groups in total. The Labute approximate surface area is 219 Å². The van der Waals surface area contributed by atoms with Crippen molar-refractivity contribution in [1.29, 1.82) is 0 Å². The van der Waals surface area contributed by atoms with Gasteiger partial charge in [-0.15, -0.1) is 0 Å². The van der Waals surface area contributed by atoms with Gasteiger partial charge in [0, 0.05) is 17.0 Å². The lowest BCUT2D eigenvalue weighted by molar-refractivity contribution is -0.110. The van der Waals surface area contributed by atoms with Crippen LogP contribution >= 0.6 is 0 Å². The third kappa shape index (κ3) is 4.03. The Kier molecular flexibility index (Phi) is 5.47. The lowest BCUT2D eigenvalue weighted by atomic mass is 9.49. The number of aromatic nitrogens is 5. The molecule has 196 valence electrons. The average molecular weight is 516 g/mol. The molecule has 1 aromatic carbocycles. The van der Waals surface area contributed by atoms with Crippen molar-refractivity contribution in [1.82, 2.24) is 24.9 Å². The zero-order valence-electron chi connectivity index (χ0n) is 20.9. The van der Waals surface area contributed by atoms with E-state index in [-0.39, 0.29) is 23.6 Å². The van der Waals surface area contributed by atoms with E-state index in [0.29, 0.717) is 34.2 Å². The van der Waals surface area contributed by atoms with Gasteiger partial charge in [0.1, 0.15) is 29.7 Å². The van der Waals surface area contributed by atoms with Crippen LogP contribution < -0.4 is 11.1 Å². The number of aliphatic hydroxyl groups is 1. The number of hydrogen-bond acceptors (Lipinski definition) is 8. The Hall–Kier alpha value is -3.79. The highest BCUT2D eigenvalue weighted by atomic mass is 19.1. The lowest BCUT2D eigenvalue weighted by Crippen LogP contribution is -2.53. The van der Waals surface area contributed by atoms with Crippen LogP contribution in [-0.4, -0.2) is 36.2 Å². The monoisotopic (exact) mass is 515 g/mol. The van der Waals surface area contributed by atoms with Crippen molar-refractivity contribution in [3.8, 4) is 22.9 Å². The fourth-order valence-corrected chi connectivity index (χ4v) is 7.43. The van der Waals surface area contributed by atoms with Crippen LogP contribution in [0.15, 0.2) is 53.4 Å². The van der Waals surface area contributed by atoms with E-state index in [0.717, 1.165) is 37.0 Å². The first-order valence-electron chi connectivity index (χ1n) is 13.3. The smallest absolute Gasteiger partial charge is 0.182 e. The Balaban J connectivity index is 1.15. The zero-order valence-corrected chi connectivity index (χ0v) is 20.9. The molecule has 4 aromatic rings. The summed E-state index contributed by atoms with van der Waals surface area (Å²) in [5, 5.41) is 23.2. The van der Waals surface area contributed by atoms with Crippen LogP contribution in [0.3, 0.4) is 0 Å². The molecule has 38 heavy (non-hydrogen) atoms. The molecule has 4 aliphatic carbocycles. The Morgan fingerprint density at radius 1 is 1.11 bits per heavy atom. The molecule has 1 unspecified atom stereocenters. The number of nitrogens with one attached hydrogen (secondary N) is 1. The maximum absolute atomic E-state index is 14.4. The van der Waals surface area contributed by atoms with Crippen molar-refractivity contribution in [2.75, 3.05) is 11.1 Å². The van der Waals surface area contributed by atoms with Gasteiger partial charge >= 0.3 is 0 Å². The van der Waals surface area contributed by atoms with Crippen LogP contribution in [-0.2, 0) is 6.54 Å². The molecule has 0 radical (unpaired) electrons. The normalized spacial score (nSPS) is 26.5. The van der Waals surface area contributed by atoms with Crippen molar-refractivity contribution in [3.63, 3.8) is 0 Å². The standard InChI is InChI=1S/C28H30FN7O2/c29-20-4-2-1-3-19(20)15-36-24(21-5-6-38-35-21)10-22(34-36)26-31-14-23(25(30)33-26)32-27(37)28-11-16-7-17(12-28)9-18(8-16)13-28/h1-6,10,14,16-18,27,32,37H,7-9,11-13,15H2,(H2,30,31,33). The second-order valence-corrected chi connectivity index (χ2v) is 11.4. The van der Waals surface area contributed by atoms with Crippen LogP contribution in [0.25, 0.3) is 22.9 Å². The molecular formula is C28H30FN7O2. The first-order chi connectivity index (χ1) is 18.5. The van der Waals surface area contributed by atoms with Crippen LogP contribution in [0, 0.1) is 29.0 Å². The minimum atomic E-state index is -0.689. The molecule has 0 amide bonds. The van der Waals surface area contributed by atoms with Crippen LogP contribution in [0.4, 0.5) is 15.9 Å². The number of hydrogen-bond donors (Lipinski definition) is 3. The van der Waals surface area contributed by atoms with Gasteiger partial charge in [-0.05, 0) is 68.4 Å². The summed E-state index contributed by atoms with van der Waals surface area (Å²) in [6.45, 7) is 0.196. The third-order valence-electron chi connectivity index (χ3n) is 8.76. The first kappa shape index (κ1) is 23.3. The summed E-state index contributed by atoms with van der Waals surface area (Å²) in [6.07, 6.45) is 9.52. The van der Waals surface area contributed by atoms with Gasteiger partial charge in [-0.2, -0.15) is 5.10 Å². The number of aliphatic hydroxyl groups excluding tert-OH is 1. The summed E-state index contributed by atoms with van der Waals surface area (Å²) in [4.78, 5) is 9.01. The van der Waals surface area contributed by atoms with E-state index in [1.54, 1.807) is 41.2 Å². The summed E-state index contributed by atoms with van der Waals surface area (Å²) in [6, 6.07) is 10.1. The van der Waals surface area contributed by atoms with E-state index in [2.05, 4.69) is 25.5 Å². The fourth-order valence-electron chi connectivity index (χ4n) is 7.43. The molecule has 0 saturated heterocycles. The lowest BCUT2D eigenvalue weighted by Gasteiger charge is -2.58. The van der Waals surface area contributed by atoms with Gasteiger partial charge in [-0.25, -0.2) is 14.4 Å². The number of nitrogens with two attached hydrogens (primary N) is 1. The Morgan fingerprint density at radius 2 is 1.84 bits per heavy atom. The van der Waals surface area contributed by atoms with E-state index in [1.807, 2.05) is 0 Å². The highest BCUT2D eigenvalue weighted by Crippen LogP contribution is 2.61. The molecule has 4 aliphatic rings. The Bertz CT molecular complexity index is 1430. The highest BCUT2D eigenvalue weighted by molar-refractivity contribution is 5.67. The van der Waals surface area contributed by atoms with Crippen molar-refractivity contribution in [3.05, 3.63) is 60.2 Å². The fraction of sp³-hybridized carbons (Fsp3) is 0.429. The van der Waals surface area contributed by atoms with E-state index in [9.17, 15) is 9.50 Å². The Morgan fingerprint density at radius 3 is 2.50 bits per heavy atom. The molecule has 10 heteroatoms. The summed E-state index contributed by atoms with van der Waals surface area (Å²) in [5.74, 6) is 2.44. The van der Waals surface area contributed by atoms with Crippen LogP contribution in [0.1, 0.15) is 44.1 Å². The van der Waals surface area contributed by atoms with Gasteiger partial charge in [0.2, 0.25) is 0 Å². The molecule has 0 spiro atoms. The topological polar surface area (TPSA) is 128 Å². The molecule has 4 saturated carbocycles. The minimum Gasteiger partial charge on any atom is -0.382 e. The van der Waals surface area contributed by atoms with Gasteiger partial charge in [-0.1, -0.05) is 23.4 Å². The molecule has 3 aromatic heterocycles. The summed E-state index contributed by atoms with van der Waals surface area (Å²) in [5.41, 5.74) is 8.92. The van der Waals surface area contributed by atoms with Gasteiger partial charge in [0.05, 0.1) is 24.1 Å². The SMILES string of the molecule is Nc1nc(-c2cc(-c3ccon3)n(Cc3ccccc3F)n2)ncc1NC(O)C12CC3CC(CC(C3)C1)C2. The van der Waals surface area contributed by atoms with Gasteiger partial charge in [-0.3, -0.25) is 4.68 Å². The highest BCUT2D eigenvalue weighted by Gasteiger charge is 2.54. The minimum absolute atomic E-state index is 0.0994.